The molecule has 0 bridgehead atoms. The zero-order valence-electron chi connectivity index (χ0n) is 8.87. The van der Waals surface area contributed by atoms with E-state index in [1.54, 1.807) is 0 Å². The first-order chi connectivity index (χ1) is 7.52. The molecule has 3 nitrogen and oxygen atoms in total. The van der Waals surface area contributed by atoms with Gasteiger partial charge in [0.2, 0.25) is 0 Å². The smallest absolute Gasteiger partial charge is 0.304 e. The van der Waals surface area contributed by atoms with Crippen molar-refractivity contribution >= 4 is 44.8 Å². The molecule has 90 valence electrons. The molecule has 0 spiro atoms. The molecule has 0 aliphatic heterocycles. The summed E-state index contributed by atoms with van der Waals surface area (Å²) in [6.45, 7) is 4.17. The SMILES string of the molecule is CCN(CCC(=O)O)Cc1cc(Br)c(Cl)s1. The van der Waals surface area contributed by atoms with Crippen LogP contribution in [0.5, 0.6) is 0 Å². The number of thiophene rings is 1. The van der Waals surface area contributed by atoms with Crippen molar-refractivity contribution in [3.05, 3.63) is 19.8 Å². The quantitative estimate of drug-likeness (QED) is 0.870. The molecular weight excluding hydrogens is 314 g/mol. The standard InChI is InChI=1S/C10H13BrClNO2S/c1-2-13(4-3-9(14)15)6-7-5-8(11)10(12)16-7/h5H,2-4,6H2,1H3,(H,14,15). The van der Waals surface area contributed by atoms with Crippen LogP contribution in [0, 0.1) is 0 Å². The summed E-state index contributed by atoms with van der Waals surface area (Å²) in [6, 6.07) is 1.98. The highest BCUT2D eigenvalue weighted by Crippen LogP contribution is 2.32. The van der Waals surface area contributed by atoms with Crippen LogP contribution in [0.1, 0.15) is 18.2 Å². The Morgan fingerprint density at radius 2 is 2.38 bits per heavy atom. The van der Waals surface area contributed by atoms with E-state index in [0.29, 0.717) is 6.54 Å². The molecule has 0 amide bonds. The topological polar surface area (TPSA) is 40.5 Å². The molecule has 1 rings (SSSR count). The zero-order chi connectivity index (χ0) is 12.1. The molecule has 1 N–H and O–H groups in total. The molecule has 0 saturated heterocycles. The van der Waals surface area contributed by atoms with Crippen LogP contribution in [0.25, 0.3) is 0 Å². The van der Waals surface area contributed by atoms with Crippen molar-refractivity contribution in [1.82, 2.24) is 4.90 Å². The van der Waals surface area contributed by atoms with E-state index in [1.165, 1.54) is 11.3 Å². The van der Waals surface area contributed by atoms with Gasteiger partial charge in [-0.1, -0.05) is 18.5 Å². The lowest BCUT2D eigenvalue weighted by Gasteiger charge is -2.18. The van der Waals surface area contributed by atoms with E-state index in [9.17, 15) is 4.79 Å². The first-order valence-corrected chi connectivity index (χ1v) is 6.89. The summed E-state index contributed by atoms with van der Waals surface area (Å²) >= 11 is 10.8. The van der Waals surface area contributed by atoms with Gasteiger partial charge in [0, 0.05) is 22.4 Å². The van der Waals surface area contributed by atoms with Gasteiger partial charge in [0.25, 0.3) is 0 Å². The number of aliphatic carboxylic acids is 1. The van der Waals surface area contributed by atoms with Crippen LogP contribution in [-0.4, -0.2) is 29.1 Å². The Bertz CT molecular complexity index is 350. The summed E-state index contributed by atoms with van der Waals surface area (Å²) in [4.78, 5) is 13.7. The van der Waals surface area contributed by atoms with Crippen LogP contribution in [0.2, 0.25) is 4.34 Å². The van der Waals surface area contributed by atoms with E-state index in [-0.39, 0.29) is 6.42 Å². The predicted octanol–water partition coefficient (Wildman–Crippen LogP) is 3.46. The number of nitrogens with zero attached hydrogens (tertiary/aromatic N) is 1. The number of rotatable bonds is 6. The lowest BCUT2D eigenvalue weighted by atomic mass is 10.3. The summed E-state index contributed by atoms with van der Waals surface area (Å²) in [5, 5.41) is 8.62. The Balaban J connectivity index is 2.52. The highest BCUT2D eigenvalue weighted by molar-refractivity contribution is 9.10. The van der Waals surface area contributed by atoms with E-state index in [4.69, 9.17) is 16.7 Å². The third kappa shape index (κ3) is 4.41. The average molecular weight is 327 g/mol. The number of hydrogen-bond acceptors (Lipinski definition) is 3. The molecular formula is C10H13BrClNO2S. The van der Waals surface area contributed by atoms with Crippen molar-refractivity contribution in [1.29, 1.82) is 0 Å². The number of hydrogen-bond donors (Lipinski definition) is 1. The minimum atomic E-state index is -0.760. The number of carboxylic acids is 1. The molecule has 0 unspecified atom stereocenters. The number of carbonyl (C=O) groups is 1. The van der Waals surface area contributed by atoms with Crippen molar-refractivity contribution in [3.8, 4) is 0 Å². The lowest BCUT2D eigenvalue weighted by molar-refractivity contribution is -0.137. The van der Waals surface area contributed by atoms with E-state index >= 15 is 0 Å². The third-order valence-electron chi connectivity index (χ3n) is 2.16. The molecule has 6 heteroatoms. The third-order valence-corrected chi connectivity index (χ3v) is 4.62. The molecule has 0 aliphatic carbocycles. The van der Waals surface area contributed by atoms with Crippen LogP contribution >= 0.6 is 38.9 Å². The minimum Gasteiger partial charge on any atom is -0.481 e. The predicted molar refractivity (Wildman–Crippen MR) is 70.2 cm³/mol. The van der Waals surface area contributed by atoms with E-state index in [2.05, 4.69) is 20.8 Å². The van der Waals surface area contributed by atoms with E-state index < -0.39 is 5.97 Å². The molecule has 1 aromatic heterocycles. The van der Waals surface area contributed by atoms with Crippen molar-refractivity contribution in [3.63, 3.8) is 0 Å². The van der Waals surface area contributed by atoms with Crippen LogP contribution in [-0.2, 0) is 11.3 Å². The van der Waals surface area contributed by atoms with Gasteiger partial charge < -0.3 is 5.11 Å². The molecule has 1 heterocycles. The van der Waals surface area contributed by atoms with Gasteiger partial charge in [0.1, 0.15) is 4.34 Å². The maximum atomic E-state index is 10.5. The maximum absolute atomic E-state index is 10.5. The Morgan fingerprint density at radius 1 is 1.69 bits per heavy atom. The van der Waals surface area contributed by atoms with E-state index in [1.807, 2.05) is 13.0 Å². The highest BCUT2D eigenvalue weighted by atomic mass is 79.9. The van der Waals surface area contributed by atoms with Crippen LogP contribution in [0.4, 0.5) is 0 Å². The lowest BCUT2D eigenvalue weighted by Crippen LogP contribution is -2.25. The number of halogens is 2. The first-order valence-electron chi connectivity index (χ1n) is 4.90. The molecule has 0 atom stereocenters. The zero-order valence-corrected chi connectivity index (χ0v) is 12.0. The second-order valence-electron chi connectivity index (χ2n) is 3.35. The summed E-state index contributed by atoms with van der Waals surface area (Å²) in [5.41, 5.74) is 0. The second kappa shape index (κ2) is 6.59. The van der Waals surface area contributed by atoms with E-state index in [0.717, 1.165) is 26.8 Å². The van der Waals surface area contributed by atoms with Gasteiger partial charge in [0.15, 0.2) is 0 Å². The van der Waals surface area contributed by atoms with Crippen molar-refractivity contribution in [2.75, 3.05) is 13.1 Å². The van der Waals surface area contributed by atoms with Crippen molar-refractivity contribution < 1.29 is 9.90 Å². The normalized spacial score (nSPS) is 11.0. The summed E-state index contributed by atoms with van der Waals surface area (Å²) < 4.78 is 1.65. The molecule has 16 heavy (non-hydrogen) atoms. The molecule has 0 aromatic carbocycles. The Labute approximate surface area is 112 Å². The molecule has 0 aliphatic rings. The Morgan fingerprint density at radius 3 is 2.81 bits per heavy atom. The molecule has 0 radical (unpaired) electrons. The fraction of sp³-hybridized carbons (Fsp3) is 0.500. The maximum Gasteiger partial charge on any atom is 0.304 e. The van der Waals surface area contributed by atoms with Gasteiger partial charge in [-0.3, -0.25) is 9.69 Å². The Kier molecular flexibility index (Phi) is 5.75. The van der Waals surface area contributed by atoms with Gasteiger partial charge in [0.05, 0.1) is 6.42 Å². The van der Waals surface area contributed by atoms with Gasteiger partial charge in [-0.2, -0.15) is 0 Å². The molecule has 0 saturated carbocycles. The fourth-order valence-corrected chi connectivity index (χ4v) is 3.13. The summed E-state index contributed by atoms with van der Waals surface area (Å²) in [7, 11) is 0. The Hall–Kier alpha value is -0.100. The highest BCUT2D eigenvalue weighted by Gasteiger charge is 2.10. The van der Waals surface area contributed by atoms with Gasteiger partial charge >= 0.3 is 5.97 Å². The monoisotopic (exact) mass is 325 g/mol. The summed E-state index contributed by atoms with van der Waals surface area (Å²) in [5.74, 6) is -0.760. The van der Waals surface area contributed by atoms with Gasteiger partial charge in [-0.25, -0.2) is 0 Å². The largest absolute Gasteiger partial charge is 0.481 e. The minimum absolute atomic E-state index is 0.175. The second-order valence-corrected chi connectivity index (χ2v) is 5.94. The average Bonchev–Trinajstić information content (AvgIpc) is 2.52. The molecule has 1 aromatic rings. The van der Waals surface area contributed by atoms with Crippen molar-refractivity contribution in [2.24, 2.45) is 0 Å². The first kappa shape index (κ1) is 14.0. The van der Waals surface area contributed by atoms with Crippen LogP contribution < -0.4 is 0 Å². The summed E-state index contributed by atoms with van der Waals surface area (Å²) in [6.07, 6.45) is 0.175. The fourth-order valence-electron chi connectivity index (χ4n) is 1.29. The van der Waals surface area contributed by atoms with Gasteiger partial charge in [-0.15, -0.1) is 11.3 Å². The van der Waals surface area contributed by atoms with Gasteiger partial charge in [-0.05, 0) is 28.5 Å². The van der Waals surface area contributed by atoms with Crippen LogP contribution in [0.15, 0.2) is 10.5 Å². The number of carboxylic acid groups (broad SMARTS) is 1. The van der Waals surface area contributed by atoms with Crippen LogP contribution in [0.3, 0.4) is 0 Å². The molecule has 0 fully saturated rings. The van der Waals surface area contributed by atoms with Crippen molar-refractivity contribution in [2.45, 2.75) is 19.9 Å².